The zero-order valence-electron chi connectivity index (χ0n) is 14.5. The lowest BCUT2D eigenvalue weighted by molar-refractivity contribution is 0.539. The van der Waals surface area contributed by atoms with E-state index in [9.17, 15) is 0 Å². The number of hydrogen-bond donors (Lipinski definition) is 1. The SMILES string of the molecule is CC(C)=CCC1=Nc2ccccc2NC(C)(CC=C(C)C)C1. The van der Waals surface area contributed by atoms with Gasteiger partial charge in [0.1, 0.15) is 0 Å². The van der Waals surface area contributed by atoms with Gasteiger partial charge in [0.05, 0.1) is 11.4 Å². The Morgan fingerprint density at radius 3 is 2.50 bits per heavy atom. The molecule has 1 aromatic carbocycles. The van der Waals surface area contributed by atoms with Crippen molar-refractivity contribution in [2.24, 2.45) is 4.99 Å². The lowest BCUT2D eigenvalue weighted by atomic mass is 9.89. The topological polar surface area (TPSA) is 24.4 Å². The smallest absolute Gasteiger partial charge is 0.0860 e. The zero-order valence-corrected chi connectivity index (χ0v) is 14.5. The fourth-order valence-electron chi connectivity index (χ4n) is 2.70. The van der Waals surface area contributed by atoms with Gasteiger partial charge < -0.3 is 5.32 Å². The molecule has 1 aliphatic heterocycles. The van der Waals surface area contributed by atoms with Crippen molar-refractivity contribution in [1.82, 2.24) is 0 Å². The van der Waals surface area contributed by atoms with E-state index in [0.717, 1.165) is 30.6 Å². The highest BCUT2D eigenvalue weighted by Crippen LogP contribution is 2.35. The van der Waals surface area contributed by atoms with Crippen molar-refractivity contribution in [3.63, 3.8) is 0 Å². The molecule has 0 saturated heterocycles. The molecule has 0 bridgehead atoms. The summed E-state index contributed by atoms with van der Waals surface area (Å²) in [5.41, 5.74) is 6.17. The third-order valence-electron chi connectivity index (χ3n) is 3.92. The van der Waals surface area contributed by atoms with E-state index < -0.39 is 0 Å². The molecule has 1 heterocycles. The molecule has 22 heavy (non-hydrogen) atoms. The van der Waals surface area contributed by atoms with Gasteiger partial charge >= 0.3 is 0 Å². The lowest BCUT2D eigenvalue weighted by Crippen LogP contribution is -2.35. The summed E-state index contributed by atoms with van der Waals surface area (Å²) in [6, 6.07) is 8.35. The molecule has 2 nitrogen and oxygen atoms in total. The Morgan fingerprint density at radius 1 is 1.14 bits per heavy atom. The maximum absolute atomic E-state index is 4.92. The standard InChI is InChI=1S/C20H28N2/c1-15(2)10-11-17-14-20(5,13-12-16(3)4)22-19-9-7-6-8-18(19)21-17/h6-10,12,22H,11,13-14H2,1-5H3. The summed E-state index contributed by atoms with van der Waals surface area (Å²) >= 11 is 0. The van der Waals surface area contributed by atoms with Crippen molar-refractivity contribution in [2.75, 3.05) is 5.32 Å². The van der Waals surface area contributed by atoms with Crippen LogP contribution in [0.1, 0.15) is 53.9 Å². The van der Waals surface area contributed by atoms with E-state index >= 15 is 0 Å². The highest BCUT2D eigenvalue weighted by molar-refractivity contribution is 5.92. The van der Waals surface area contributed by atoms with Crippen molar-refractivity contribution in [2.45, 2.75) is 59.4 Å². The van der Waals surface area contributed by atoms with Crippen LogP contribution in [0, 0.1) is 0 Å². The Balaban J connectivity index is 2.35. The first-order chi connectivity index (χ1) is 10.4. The number of hydrogen-bond acceptors (Lipinski definition) is 2. The largest absolute Gasteiger partial charge is 0.377 e. The molecule has 0 amide bonds. The monoisotopic (exact) mass is 296 g/mol. The van der Waals surface area contributed by atoms with Crippen molar-refractivity contribution < 1.29 is 0 Å². The van der Waals surface area contributed by atoms with Crippen LogP contribution in [0.3, 0.4) is 0 Å². The Kier molecular flexibility index (Phi) is 5.23. The number of allylic oxidation sites excluding steroid dienone is 3. The van der Waals surface area contributed by atoms with Gasteiger partial charge in [-0.25, -0.2) is 0 Å². The molecule has 1 N–H and O–H groups in total. The van der Waals surface area contributed by atoms with Gasteiger partial charge in [-0.15, -0.1) is 0 Å². The first kappa shape index (κ1) is 16.5. The van der Waals surface area contributed by atoms with Crippen LogP contribution in [-0.2, 0) is 0 Å². The van der Waals surface area contributed by atoms with E-state index in [1.54, 1.807) is 0 Å². The minimum atomic E-state index is 0.0121. The number of benzene rings is 1. The van der Waals surface area contributed by atoms with E-state index in [4.69, 9.17) is 4.99 Å². The molecule has 0 aliphatic carbocycles. The van der Waals surface area contributed by atoms with Crippen molar-refractivity contribution in [3.8, 4) is 0 Å². The average Bonchev–Trinajstić information content (AvgIpc) is 2.59. The molecule has 0 aromatic heterocycles. The molecular weight excluding hydrogens is 268 g/mol. The maximum atomic E-state index is 4.92. The third-order valence-corrected chi connectivity index (χ3v) is 3.92. The molecule has 0 saturated carbocycles. The maximum Gasteiger partial charge on any atom is 0.0860 e. The van der Waals surface area contributed by atoms with E-state index in [1.807, 2.05) is 0 Å². The van der Waals surface area contributed by atoms with Gasteiger partial charge in [-0.1, -0.05) is 35.4 Å². The number of nitrogens with one attached hydrogen (secondary N) is 1. The summed E-state index contributed by atoms with van der Waals surface area (Å²) in [7, 11) is 0. The van der Waals surface area contributed by atoms with E-state index in [0.29, 0.717) is 0 Å². The van der Waals surface area contributed by atoms with Crippen LogP contribution in [0.2, 0.25) is 0 Å². The molecule has 0 radical (unpaired) electrons. The molecule has 1 atom stereocenters. The molecule has 2 heteroatoms. The van der Waals surface area contributed by atoms with Gasteiger partial charge in [-0.2, -0.15) is 0 Å². The normalized spacial score (nSPS) is 20.1. The second-order valence-corrected chi connectivity index (χ2v) is 7.03. The van der Waals surface area contributed by atoms with Gasteiger partial charge in [0.15, 0.2) is 0 Å². The van der Waals surface area contributed by atoms with Crippen LogP contribution in [-0.4, -0.2) is 11.3 Å². The Bertz CT molecular complexity index is 614. The van der Waals surface area contributed by atoms with Gasteiger partial charge in [0.25, 0.3) is 0 Å². The Hall–Kier alpha value is -1.83. The number of fused-ring (bicyclic) bond motifs is 1. The molecule has 0 fully saturated rings. The predicted octanol–water partition coefficient (Wildman–Crippen LogP) is 6.05. The predicted molar refractivity (Wildman–Crippen MR) is 98.3 cm³/mol. The summed E-state index contributed by atoms with van der Waals surface area (Å²) in [4.78, 5) is 4.92. The first-order valence-electron chi connectivity index (χ1n) is 8.08. The molecular formula is C20H28N2. The van der Waals surface area contributed by atoms with Crippen LogP contribution in [0.25, 0.3) is 0 Å². The quantitative estimate of drug-likeness (QED) is 0.672. The fraction of sp³-hybridized carbons (Fsp3) is 0.450. The lowest BCUT2D eigenvalue weighted by Gasteiger charge is -2.30. The van der Waals surface area contributed by atoms with Gasteiger partial charge in [0, 0.05) is 24.1 Å². The number of nitrogens with zero attached hydrogens (tertiary/aromatic N) is 1. The Morgan fingerprint density at radius 2 is 1.82 bits per heavy atom. The molecule has 118 valence electrons. The zero-order chi connectivity index (χ0) is 16.2. The van der Waals surface area contributed by atoms with Gasteiger partial charge in [-0.3, -0.25) is 4.99 Å². The van der Waals surface area contributed by atoms with Crippen LogP contribution < -0.4 is 5.32 Å². The number of rotatable bonds is 4. The molecule has 1 aromatic rings. The third kappa shape index (κ3) is 4.59. The van der Waals surface area contributed by atoms with Crippen molar-refractivity contribution in [3.05, 3.63) is 47.6 Å². The van der Waals surface area contributed by atoms with Gasteiger partial charge in [-0.05, 0) is 53.2 Å². The Labute approximate surface area is 135 Å². The van der Waals surface area contributed by atoms with E-state index in [-0.39, 0.29) is 5.54 Å². The fourth-order valence-corrected chi connectivity index (χ4v) is 2.70. The molecule has 1 aliphatic rings. The summed E-state index contributed by atoms with van der Waals surface area (Å²) in [6.45, 7) is 10.9. The van der Waals surface area contributed by atoms with Crippen LogP contribution in [0.15, 0.2) is 52.6 Å². The molecule has 2 rings (SSSR count). The number of anilines is 1. The molecule has 0 spiro atoms. The van der Waals surface area contributed by atoms with Crippen molar-refractivity contribution in [1.29, 1.82) is 0 Å². The number of para-hydroxylation sites is 2. The second kappa shape index (κ2) is 6.95. The minimum absolute atomic E-state index is 0.0121. The summed E-state index contributed by atoms with van der Waals surface area (Å²) in [5, 5.41) is 3.73. The van der Waals surface area contributed by atoms with E-state index in [2.05, 4.69) is 76.4 Å². The average molecular weight is 296 g/mol. The van der Waals surface area contributed by atoms with Gasteiger partial charge in [0.2, 0.25) is 0 Å². The van der Waals surface area contributed by atoms with E-state index in [1.165, 1.54) is 16.9 Å². The second-order valence-electron chi connectivity index (χ2n) is 7.03. The van der Waals surface area contributed by atoms with Crippen molar-refractivity contribution >= 4 is 17.1 Å². The van der Waals surface area contributed by atoms with Crippen LogP contribution in [0.4, 0.5) is 11.4 Å². The highest BCUT2D eigenvalue weighted by Gasteiger charge is 2.28. The summed E-state index contributed by atoms with van der Waals surface area (Å²) in [6.07, 6.45) is 7.50. The molecule has 1 unspecified atom stereocenters. The summed E-state index contributed by atoms with van der Waals surface area (Å²) in [5.74, 6) is 0. The first-order valence-corrected chi connectivity index (χ1v) is 8.08. The summed E-state index contributed by atoms with van der Waals surface area (Å²) < 4.78 is 0. The van der Waals surface area contributed by atoms with Crippen LogP contribution in [0.5, 0.6) is 0 Å². The number of aliphatic imine (C=N–C) groups is 1. The highest BCUT2D eigenvalue weighted by atomic mass is 15.0. The minimum Gasteiger partial charge on any atom is -0.377 e. The van der Waals surface area contributed by atoms with Crippen LogP contribution >= 0.6 is 0 Å².